The number of para-hydroxylation sites is 1. The summed E-state index contributed by atoms with van der Waals surface area (Å²) in [4.78, 5) is 20.6. The van der Waals surface area contributed by atoms with Gasteiger partial charge in [0.05, 0.1) is 4.88 Å². The van der Waals surface area contributed by atoms with E-state index in [1.54, 1.807) is 23.5 Å². The minimum Gasteiger partial charge on any atom is -0.377 e. The molecule has 4 aromatic rings. The van der Waals surface area contributed by atoms with Crippen LogP contribution in [0, 0.1) is 0 Å². The number of benzene rings is 2. The van der Waals surface area contributed by atoms with E-state index in [0.29, 0.717) is 23.9 Å². The Labute approximate surface area is 173 Å². The zero-order valence-electron chi connectivity index (χ0n) is 16.2. The van der Waals surface area contributed by atoms with E-state index in [9.17, 15) is 4.79 Å². The van der Waals surface area contributed by atoms with Crippen molar-refractivity contribution in [1.82, 2.24) is 14.8 Å². The largest absolute Gasteiger partial charge is 0.377 e. The standard InChI is InChI=1S/C22H21N5OS/c1-26(2)18-12-7-6-11-17(18)15-23-22-24-20(19-13-8-14-29-19)25-27(22)21(28)16-9-4-3-5-10-16/h3-14H,15H2,1-2H3,(H,23,24,25). The Hall–Kier alpha value is -3.45. The number of hydrogen-bond donors (Lipinski definition) is 1. The summed E-state index contributed by atoms with van der Waals surface area (Å²) in [5, 5.41) is 9.76. The molecule has 146 valence electrons. The summed E-state index contributed by atoms with van der Waals surface area (Å²) in [6.07, 6.45) is 0. The second-order valence-electron chi connectivity index (χ2n) is 6.70. The molecule has 0 fully saturated rings. The van der Waals surface area contributed by atoms with Crippen LogP contribution in [0.25, 0.3) is 10.7 Å². The van der Waals surface area contributed by atoms with E-state index >= 15 is 0 Å². The first-order valence-corrected chi connectivity index (χ1v) is 10.1. The fraction of sp³-hybridized carbons (Fsp3) is 0.136. The highest BCUT2D eigenvalue weighted by Crippen LogP contribution is 2.24. The molecular formula is C22H21N5OS. The van der Waals surface area contributed by atoms with E-state index < -0.39 is 0 Å². The predicted molar refractivity (Wildman–Crippen MR) is 118 cm³/mol. The second kappa shape index (κ2) is 8.28. The molecule has 0 aliphatic carbocycles. The van der Waals surface area contributed by atoms with Gasteiger partial charge >= 0.3 is 0 Å². The molecule has 2 aromatic heterocycles. The number of nitrogens with one attached hydrogen (secondary N) is 1. The predicted octanol–water partition coefficient (Wildman–Crippen LogP) is 4.37. The molecule has 4 rings (SSSR count). The summed E-state index contributed by atoms with van der Waals surface area (Å²) in [5.41, 5.74) is 2.78. The molecule has 0 aliphatic rings. The van der Waals surface area contributed by atoms with E-state index in [0.717, 1.165) is 16.1 Å². The minimum atomic E-state index is -0.218. The summed E-state index contributed by atoms with van der Waals surface area (Å²) >= 11 is 1.54. The van der Waals surface area contributed by atoms with Crippen molar-refractivity contribution in [3.8, 4) is 10.7 Å². The molecule has 7 heteroatoms. The van der Waals surface area contributed by atoms with Gasteiger partial charge in [-0.05, 0) is 35.2 Å². The van der Waals surface area contributed by atoms with E-state index in [1.165, 1.54) is 4.68 Å². The topological polar surface area (TPSA) is 63.0 Å². The van der Waals surface area contributed by atoms with Gasteiger partial charge in [0, 0.05) is 31.9 Å². The zero-order chi connectivity index (χ0) is 20.2. The van der Waals surface area contributed by atoms with Crippen LogP contribution >= 0.6 is 11.3 Å². The Balaban J connectivity index is 1.68. The first kappa shape index (κ1) is 18.9. The molecule has 0 saturated carbocycles. The van der Waals surface area contributed by atoms with Crippen LogP contribution in [-0.2, 0) is 6.54 Å². The number of carbonyl (C=O) groups is 1. The number of thiophene rings is 1. The van der Waals surface area contributed by atoms with Crippen LogP contribution in [0.5, 0.6) is 0 Å². The Bertz CT molecular complexity index is 1100. The zero-order valence-corrected chi connectivity index (χ0v) is 17.1. The van der Waals surface area contributed by atoms with Crippen LogP contribution in [-0.4, -0.2) is 34.8 Å². The van der Waals surface area contributed by atoms with Gasteiger partial charge in [0.1, 0.15) is 0 Å². The smallest absolute Gasteiger partial charge is 0.281 e. The highest BCUT2D eigenvalue weighted by molar-refractivity contribution is 7.13. The molecule has 6 nitrogen and oxygen atoms in total. The fourth-order valence-electron chi connectivity index (χ4n) is 3.05. The summed E-state index contributed by atoms with van der Waals surface area (Å²) in [7, 11) is 4.02. The average molecular weight is 404 g/mol. The van der Waals surface area contributed by atoms with Gasteiger partial charge in [-0.2, -0.15) is 9.67 Å². The highest BCUT2D eigenvalue weighted by atomic mass is 32.1. The summed E-state index contributed by atoms with van der Waals surface area (Å²) in [5.74, 6) is 0.743. The normalized spacial score (nSPS) is 10.7. The van der Waals surface area contributed by atoms with Crippen LogP contribution in [0.3, 0.4) is 0 Å². The van der Waals surface area contributed by atoms with Crippen molar-refractivity contribution in [1.29, 1.82) is 0 Å². The van der Waals surface area contributed by atoms with Gasteiger partial charge in [0.15, 0.2) is 5.82 Å². The van der Waals surface area contributed by atoms with Gasteiger partial charge in [0.25, 0.3) is 5.91 Å². The van der Waals surface area contributed by atoms with Crippen molar-refractivity contribution < 1.29 is 4.79 Å². The van der Waals surface area contributed by atoms with E-state index in [4.69, 9.17) is 0 Å². The first-order valence-electron chi connectivity index (χ1n) is 9.23. The third kappa shape index (κ3) is 4.05. The van der Waals surface area contributed by atoms with Crippen LogP contribution < -0.4 is 10.2 Å². The van der Waals surface area contributed by atoms with Gasteiger partial charge in [-0.25, -0.2) is 0 Å². The van der Waals surface area contributed by atoms with Gasteiger partial charge in [0.2, 0.25) is 5.95 Å². The lowest BCUT2D eigenvalue weighted by molar-refractivity contribution is 0.0947. The molecule has 29 heavy (non-hydrogen) atoms. The average Bonchev–Trinajstić information content (AvgIpc) is 3.42. The lowest BCUT2D eigenvalue weighted by atomic mass is 10.1. The molecule has 0 atom stereocenters. The summed E-state index contributed by atoms with van der Waals surface area (Å²) in [6, 6.07) is 21.1. The third-order valence-corrected chi connectivity index (χ3v) is 5.34. The van der Waals surface area contributed by atoms with Gasteiger partial charge in [-0.3, -0.25) is 4.79 Å². The quantitative estimate of drug-likeness (QED) is 0.518. The molecule has 0 amide bonds. The maximum absolute atomic E-state index is 13.1. The van der Waals surface area contributed by atoms with Crippen molar-refractivity contribution in [3.63, 3.8) is 0 Å². The Morgan fingerprint density at radius 1 is 1.03 bits per heavy atom. The molecule has 0 bridgehead atoms. The molecule has 0 unspecified atom stereocenters. The minimum absolute atomic E-state index is 0.218. The van der Waals surface area contributed by atoms with E-state index in [1.807, 2.05) is 61.9 Å². The molecule has 1 N–H and O–H groups in total. The molecule has 0 aliphatic heterocycles. The summed E-state index contributed by atoms with van der Waals surface area (Å²) < 4.78 is 1.35. The number of hydrogen-bond acceptors (Lipinski definition) is 6. The third-order valence-electron chi connectivity index (χ3n) is 4.47. The molecule has 0 spiro atoms. The lowest BCUT2D eigenvalue weighted by Crippen LogP contribution is -2.18. The number of carbonyl (C=O) groups excluding carboxylic acids is 1. The molecule has 2 aromatic carbocycles. The van der Waals surface area contributed by atoms with Gasteiger partial charge in [-0.15, -0.1) is 16.4 Å². The molecular weight excluding hydrogens is 382 g/mol. The highest BCUT2D eigenvalue weighted by Gasteiger charge is 2.19. The van der Waals surface area contributed by atoms with Crippen LogP contribution in [0.4, 0.5) is 11.6 Å². The second-order valence-corrected chi connectivity index (χ2v) is 7.64. The summed E-state index contributed by atoms with van der Waals surface area (Å²) in [6.45, 7) is 0.527. The number of rotatable bonds is 6. The van der Waals surface area contributed by atoms with Crippen LogP contribution in [0.1, 0.15) is 15.9 Å². The lowest BCUT2D eigenvalue weighted by Gasteiger charge is -2.17. The van der Waals surface area contributed by atoms with Gasteiger partial charge < -0.3 is 10.2 Å². The number of anilines is 2. The van der Waals surface area contributed by atoms with E-state index in [2.05, 4.69) is 32.4 Å². The molecule has 0 radical (unpaired) electrons. The van der Waals surface area contributed by atoms with E-state index in [-0.39, 0.29) is 5.91 Å². The SMILES string of the molecule is CN(C)c1ccccc1CNc1nc(-c2cccs2)nn1C(=O)c1ccccc1. The van der Waals surface area contributed by atoms with Crippen molar-refractivity contribution in [2.45, 2.75) is 6.54 Å². The van der Waals surface area contributed by atoms with Crippen molar-refractivity contribution in [2.24, 2.45) is 0 Å². The Kier molecular flexibility index (Phi) is 5.39. The van der Waals surface area contributed by atoms with Crippen molar-refractivity contribution in [2.75, 3.05) is 24.3 Å². The maximum atomic E-state index is 13.1. The van der Waals surface area contributed by atoms with Gasteiger partial charge in [-0.1, -0.05) is 42.5 Å². The Morgan fingerprint density at radius 2 is 1.79 bits per heavy atom. The van der Waals surface area contributed by atoms with Crippen molar-refractivity contribution >= 4 is 28.9 Å². The van der Waals surface area contributed by atoms with Crippen LogP contribution in [0.2, 0.25) is 0 Å². The number of aromatic nitrogens is 3. The maximum Gasteiger partial charge on any atom is 0.281 e. The fourth-order valence-corrected chi connectivity index (χ4v) is 3.70. The molecule has 2 heterocycles. The number of nitrogens with zero attached hydrogens (tertiary/aromatic N) is 4. The Morgan fingerprint density at radius 3 is 2.52 bits per heavy atom. The molecule has 0 saturated heterocycles. The monoisotopic (exact) mass is 403 g/mol. The first-order chi connectivity index (χ1) is 14.1. The van der Waals surface area contributed by atoms with Crippen molar-refractivity contribution in [3.05, 3.63) is 83.2 Å². The van der Waals surface area contributed by atoms with Crippen LogP contribution in [0.15, 0.2) is 72.1 Å².